The zero-order valence-corrected chi connectivity index (χ0v) is 22.4. The maximum atomic E-state index is 5.46. The Morgan fingerprint density at radius 3 is 2.03 bits per heavy atom. The lowest BCUT2D eigenvalue weighted by molar-refractivity contribution is 0.245. The number of rotatable bonds is 7. The van der Waals surface area contributed by atoms with Crippen LogP contribution in [0.25, 0.3) is 6.08 Å². The third-order valence-corrected chi connectivity index (χ3v) is 7.57. The minimum atomic E-state index is 0.0751. The fourth-order valence-electron chi connectivity index (χ4n) is 5.68. The van der Waals surface area contributed by atoms with Crippen molar-refractivity contribution in [2.75, 3.05) is 32.3 Å². The minimum absolute atomic E-state index is 0.0751. The summed E-state index contributed by atoms with van der Waals surface area (Å²) in [6.07, 6.45) is 2.29. The fourth-order valence-corrected chi connectivity index (χ4v) is 5.68. The number of nitrogens with zero attached hydrogens (tertiary/aromatic N) is 3. The van der Waals surface area contributed by atoms with Gasteiger partial charge in [-0.3, -0.25) is 9.91 Å². The first-order chi connectivity index (χ1) is 19.2. The van der Waals surface area contributed by atoms with Gasteiger partial charge in [0.15, 0.2) is 0 Å². The van der Waals surface area contributed by atoms with E-state index in [1.54, 1.807) is 14.2 Å². The molecule has 0 aromatic heterocycles. The molecule has 5 heteroatoms. The second-order valence-electron chi connectivity index (χ2n) is 10.1. The molecule has 5 nitrogen and oxygen atoms in total. The van der Waals surface area contributed by atoms with Gasteiger partial charge in [0.1, 0.15) is 11.5 Å². The number of methoxy groups -OCH3 is 2. The number of hydrogen-bond acceptors (Lipinski definition) is 5. The summed E-state index contributed by atoms with van der Waals surface area (Å²) in [5.41, 5.74) is 7.21. The summed E-state index contributed by atoms with van der Waals surface area (Å²) in [6.45, 7) is 2.66. The molecular formula is C34H33N3O2. The standard InChI is InChI=1S/C34H33N3O2/c1-38-30-17-13-25(14-18-30)21-28-23-36(22-26-9-5-3-6-10-26)24-32-33(28)35-37(29-11-7-4-8-12-29)34(32)27-15-19-31(39-2)20-16-27/h3-21,32,34H,22-24H2,1-2H3/b28-21-/t32-,34+/m0/s1. The van der Waals surface area contributed by atoms with Gasteiger partial charge in [0, 0.05) is 25.6 Å². The molecule has 0 aliphatic carbocycles. The number of ether oxygens (including phenoxy) is 2. The van der Waals surface area contributed by atoms with E-state index in [-0.39, 0.29) is 12.0 Å². The number of para-hydroxylation sites is 1. The average Bonchev–Trinajstić information content (AvgIpc) is 3.38. The Balaban J connectivity index is 1.43. The van der Waals surface area contributed by atoms with Crippen LogP contribution in [0.15, 0.2) is 120 Å². The third kappa shape index (κ3) is 5.31. The zero-order chi connectivity index (χ0) is 26.6. The van der Waals surface area contributed by atoms with Gasteiger partial charge in [-0.15, -0.1) is 0 Å². The third-order valence-electron chi connectivity index (χ3n) is 7.57. The molecule has 2 atom stereocenters. The van der Waals surface area contributed by atoms with E-state index < -0.39 is 0 Å². The van der Waals surface area contributed by atoms with Crippen molar-refractivity contribution in [2.24, 2.45) is 11.0 Å². The number of benzene rings is 4. The molecule has 39 heavy (non-hydrogen) atoms. The van der Waals surface area contributed by atoms with Gasteiger partial charge in [0.2, 0.25) is 0 Å². The van der Waals surface area contributed by atoms with E-state index in [2.05, 4.69) is 113 Å². The van der Waals surface area contributed by atoms with Crippen LogP contribution in [0.5, 0.6) is 11.5 Å². The molecule has 0 unspecified atom stereocenters. The van der Waals surface area contributed by atoms with Gasteiger partial charge in [-0.2, -0.15) is 5.10 Å². The van der Waals surface area contributed by atoms with Gasteiger partial charge >= 0.3 is 0 Å². The molecule has 1 fully saturated rings. The SMILES string of the molecule is COc1ccc(/C=C2/CN(Cc3ccccc3)C[C@H]3C2=NN(c2ccccc2)[C@@H]3c2ccc(OC)cc2)cc1. The topological polar surface area (TPSA) is 37.3 Å². The highest BCUT2D eigenvalue weighted by atomic mass is 16.5. The first-order valence-electron chi connectivity index (χ1n) is 13.4. The van der Waals surface area contributed by atoms with Crippen LogP contribution in [0.1, 0.15) is 22.7 Å². The summed E-state index contributed by atoms with van der Waals surface area (Å²) in [4.78, 5) is 2.55. The first-order valence-corrected chi connectivity index (χ1v) is 13.4. The molecule has 0 bridgehead atoms. The van der Waals surface area contributed by atoms with Gasteiger partial charge in [0.25, 0.3) is 0 Å². The summed E-state index contributed by atoms with van der Waals surface area (Å²) in [5.74, 6) is 1.93. The van der Waals surface area contributed by atoms with Crippen molar-refractivity contribution < 1.29 is 9.47 Å². The van der Waals surface area contributed by atoms with Crippen LogP contribution in [0.3, 0.4) is 0 Å². The number of piperidine rings is 1. The summed E-state index contributed by atoms with van der Waals surface area (Å²) in [6, 6.07) is 38.0. The maximum Gasteiger partial charge on any atom is 0.118 e. The summed E-state index contributed by atoms with van der Waals surface area (Å²) >= 11 is 0. The summed E-state index contributed by atoms with van der Waals surface area (Å²) in [7, 11) is 3.41. The molecule has 196 valence electrons. The highest BCUT2D eigenvalue weighted by Crippen LogP contribution is 2.43. The minimum Gasteiger partial charge on any atom is -0.497 e. The van der Waals surface area contributed by atoms with E-state index in [0.717, 1.165) is 42.4 Å². The number of fused-ring (bicyclic) bond motifs is 1. The zero-order valence-electron chi connectivity index (χ0n) is 22.4. The molecule has 0 saturated carbocycles. The summed E-state index contributed by atoms with van der Waals surface area (Å²) in [5, 5.41) is 7.55. The number of hydrazone groups is 1. The first kappa shape index (κ1) is 25.0. The van der Waals surface area contributed by atoms with E-state index >= 15 is 0 Å². The van der Waals surface area contributed by atoms with Crippen LogP contribution in [0, 0.1) is 5.92 Å². The molecule has 0 amide bonds. The molecule has 0 spiro atoms. The molecule has 1 saturated heterocycles. The van der Waals surface area contributed by atoms with Crippen LogP contribution in [0.4, 0.5) is 5.69 Å². The van der Waals surface area contributed by atoms with Crippen molar-refractivity contribution >= 4 is 17.5 Å². The number of hydrogen-bond donors (Lipinski definition) is 0. The monoisotopic (exact) mass is 515 g/mol. The lowest BCUT2D eigenvalue weighted by Crippen LogP contribution is -2.43. The van der Waals surface area contributed by atoms with Gasteiger partial charge in [-0.05, 0) is 64.7 Å². The predicted octanol–water partition coefficient (Wildman–Crippen LogP) is 6.84. The lowest BCUT2D eigenvalue weighted by atomic mass is 9.82. The molecule has 2 heterocycles. The predicted molar refractivity (Wildman–Crippen MR) is 158 cm³/mol. The van der Waals surface area contributed by atoms with E-state index in [0.29, 0.717) is 0 Å². The van der Waals surface area contributed by atoms with Crippen molar-refractivity contribution in [2.45, 2.75) is 12.6 Å². The van der Waals surface area contributed by atoms with E-state index in [9.17, 15) is 0 Å². The fraction of sp³-hybridized carbons (Fsp3) is 0.206. The highest BCUT2D eigenvalue weighted by Gasteiger charge is 2.44. The van der Waals surface area contributed by atoms with Crippen LogP contribution in [-0.4, -0.2) is 37.9 Å². The molecule has 6 rings (SSSR count). The van der Waals surface area contributed by atoms with Crippen LogP contribution in [-0.2, 0) is 6.54 Å². The van der Waals surface area contributed by atoms with Crippen molar-refractivity contribution in [3.8, 4) is 11.5 Å². The highest BCUT2D eigenvalue weighted by molar-refractivity contribution is 6.09. The van der Waals surface area contributed by atoms with Crippen molar-refractivity contribution in [1.29, 1.82) is 0 Å². The Hall–Kier alpha value is -4.35. The molecular weight excluding hydrogens is 482 g/mol. The molecule has 0 radical (unpaired) electrons. The number of anilines is 1. The maximum absolute atomic E-state index is 5.46. The Bertz CT molecular complexity index is 1450. The summed E-state index contributed by atoms with van der Waals surface area (Å²) < 4.78 is 10.9. The van der Waals surface area contributed by atoms with Crippen molar-refractivity contribution in [1.82, 2.24) is 4.90 Å². The molecule has 2 aliphatic rings. The van der Waals surface area contributed by atoms with Crippen LogP contribution in [0.2, 0.25) is 0 Å². The van der Waals surface area contributed by atoms with Crippen molar-refractivity contribution in [3.05, 3.63) is 131 Å². The molecule has 4 aromatic rings. The lowest BCUT2D eigenvalue weighted by Gasteiger charge is -2.36. The smallest absolute Gasteiger partial charge is 0.118 e. The largest absolute Gasteiger partial charge is 0.497 e. The Morgan fingerprint density at radius 2 is 1.38 bits per heavy atom. The van der Waals surface area contributed by atoms with Crippen molar-refractivity contribution in [3.63, 3.8) is 0 Å². The van der Waals surface area contributed by atoms with Crippen LogP contribution < -0.4 is 14.5 Å². The van der Waals surface area contributed by atoms with E-state index in [1.807, 2.05) is 12.1 Å². The average molecular weight is 516 g/mol. The number of likely N-dealkylation sites (tertiary alicyclic amines) is 1. The Morgan fingerprint density at radius 1 is 0.769 bits per heavy atom. The quantitative estimate of drug-likeness (QED) is 0.270. The van der Waals surface area contributed by atoms with Gasteiger partial charge < -0.3 is 9.47 Å². The van der Waals surface area contributed by atoms with Gasteiger partial charge in [-0.1, -0.05) is 72.8 Å². The molecule has 0 N–H and O–H groups in total. The molecule has 2 aliphatic heterocycles. The second kappa shape index (κ2) is 11.2. The second-order valence-corrected chi connectivity index (χ2v) is 10.1. The normalized spacial score (nSPS) is 20.0. The van der Waals surface area contributed by atoms with Crippen LogP contribution >= 0.6 is 0 Å². The van der Waals surface area contributed by atoms with E-state index in [1.165, 1.54) is 22.4 Å². The molecule has 4 aromatic carbocycles. The Kier molecular flexibility index (Phi) is 7.15. The van der Waals surface area contributed by atoms with Gasteiger partial charge in [0.05, 0.1) is 31.7 Å². The van der Waals surface area contributed by atoms with Gasteiger partial charge in [-0.25, -0.2) is 0 Å². The Labute approximate surface area is 230 Å². The van der Waals surface area contributed by atoms with E-state index in [4.69, 9.17) is 14.6 Å².